The summed E-state index contributed by atoms with van der Waals surface area (Å²) in [6.07, 6.45) is 0.910. The van der Waals surface area contributed by atoms with Crippen LogP contribution in [0.3, 0.4) is 0 Å². The van der Waals surface area contributed by atoms with E-state index in [4.69, 9.17) is 4.74 Å². The van der Waals surface area contributed by atoms with E-state index in [1.807, 2.05) is 27.7 Å². The van der Waals surface area contributed by atoms with Crippen LogP contribution in [-0.2, 0) is 4.74 Å². The van der Waals surface area contributed by atoms with Crippen LogP contribution in [0.2, 0.25) is 0 Å². The Labute approximate surface area is 63.8 Å². The first kappa shape index (κ1) is 9.52. The average molecular weight is 140 g/mol. The van der Waals surface area contributed by atoms with E-state index >= 15 is 0 Å². The van der Waals surface area contributed by atoms with Crippen molar-refractivity contribution in [2.45, 2.75) is 39.7 Å². The fraction of sp³-hybridized carbons (Fsp3) is 0.778. The van der Waals surface area contributed by atoms with Gasteiger partial charge in [-0.05, 0) is 20.8 Å². The Morgan fingerprint density at radius 1 is 1.20 bits per heavy atom. The smallest absolute Gasteiger partial charge is 0.108 e. The maximum absolute atomic E-state index is 5.36. The van der Waals surface area contributed by atoms with Crippen LogP contribution >= 0.6 is 0 Å². The van der Waals surface area contributed by atoms with Crippen molar-refractivity contribution >= 4 is 0 Å². The molecule has 1 nitrogen and oxygen atoms in total. The van der Waals surface area contributed by atoms with E-state index in [0.29, 0.717) is 6.61 Å². The first-order valence-electron chi connectivity index (χ1n) is 3.66. The molecule has 0 heterocycles. The van der Waals surface area contributed by atoms with Gasteiger partial charge in [0.1, 0.15) is 6.61 Å². The van der Waals surface area contributed by atoms with Gasteiger partial charge < -0.3 is 4.74 Å². The highest BCUT2D eigenvalue weighted by Crippen LogP contribution is 2.04. The van der Waals surface area contributed by atoms with E-state index in [9.17, 15) is 0 Å². The summed E-state index contributed by atoms with van der Waals surface area (Å²) < 4.78 is 5.36. The highest BCUT2D eigenvalue weighted by molar-refractivity contribution is 4.98. The molecular formula is C9H16O. The number of ether oxygens (including phenoxy) is 1. The first-order chi connectivity index (χ1) is 4.56. The second-order valence-electron chi connectivity index (χ2n) is 3.11. The van der Waals surface area contributed by atoms with Crippen molar-refractivity contribution < 1.29 is 4.74 Å². The number of hydrogen-bond donors (Lipinski definition) is 0. The van der Waals surface area contributed by atoms with Gasteiger partial charge in [-0.25, -0.2) is 0 Å². The minimum absolute atomic E-state index is 0.0532. The maximum atomic E-state index is 5.36. The van der Waals surface area contributed by atoms with Crippen molar-refractivity contribution in [1.29, 1.82) is 0 Å². The second kappa shape index (κ2) is 4.35. The van der Waals surface area contributed by atoms with E-state index < -0.39 is 0 Å². The molecule has 0 aliphatic rings. The molecule has 0 saturated heterocycles. The van der Waals surface area contributed by atoms with Gasteiger partial charge in [0, 0.05) is 6.42 Å². The molecule has 0 bridgehead atoms. The first-order valence-corrected chi connectivity index (χ1v) is 3.66. The van der Waals surface area contributed by atoms with E-state index in [1.54, 1.807) is 0 Å². The molecule has 0 N–H and O–H groups in total. The Morgan fingerprint density at radius 3 is 2.20 bits per heavy atom. The lowest BCUT2D eigenvalue weighted by molar-refractivity contribution is 0.0181. The van der Waals surface area contributed by atoms with E-state index in [1.165, 1.54) is 0 Å². The fourth-order valence-electron chi connectivity index (χ4n) is 0.429. The fourth-order valence-corrected chi connectivity index (χ4v) is 0.429. The van der Waals surface area contributed by atoms with E-state index in [0.717, 1.165) is 6.42 Å². The van der Waals surface area contributed by atoms with Gasteiger partial charge in [0.25, 0.3) is 0 Å². The van der Waals surface area contributed by atoms with Crippen molar-refractivity contribution in [1.82, 2.24) is 0 Å². The Hall–Kier alpha value is -0.480. The third-order valence-corrected chi connectivity index (χ3v) is 0.879. The van der Waals surface area contributed by atoms with Crippen molar-refractivity contribution in [3.05, 3.63) is 0 Å². The normalized spacial score (nSPS) is 10.4. The molecular weight excluding hydrogens is 124 g/mol. The zero-order valence-corrected chi connectivity index (χ0v) is 7.32. The molecule has 58 valence electrons. The second-order valence-corrected chi connectivity index (χ2v) is 3.11. The molecule has 0 atom stereocenters. The molecule has 0 fully saturated rings. The monoisotopic (exact) mass is 140 g/mol. The van der Waals surface area contributed by atoms with Crippen LogP contribution in [0.15, 0.2) is 0 Å². The predicted molar refractivity (Wildman–Crippen MR) is 43.8 cm³/mol. The topological polar surface area (TPSA) is 9.23 Å². The zero-order valence-electron chi connectivity index (χ0n) is 7.32. The van der Waals surface area contributed by atoms with Crippen LogP contribution in [0.1, 0.15) is 34.1 Å². The van der Waals surface area contributed by atoms with Crippen LogP contribution < -0.4 is 0 Å². The molecule has 10 heavy (non-hydrogen) atoms. The SMILES string of the molecule is CCC#CCOC(C)(C)C. The highest BCUT2D eigenvalue weighted by atomic mass is 16.5. The van der Waals surface area contributed by atoms with Crippen LogP contribution in [0.5, 0.6) is 0 Å². The molecule has 0 spiro atoms. The largest absolute Gasteiger partial charge is 0.363 e. The minimum Gasteiger partial charge on any atom is -0.363 e. The van der Waals surface area contributed by atoms with Gasteiger partial charge in [-0.15, -0.1) is 5.92 Å². The lowest BCUT2D eigenvalue weighted by Crippen LogP contribution is -2.18. The average Bonchev–Trinajstić information content (AvgIpc) is 1.78. The standard InChI is InChI=1S/C9H16O/c1-5-6-7-8-10-9(2,3)4/h5,8H2,1-4H3. The van der Waals surface area contributed by atoms with Crippen LogP contribution in [-0.4, -0.2) is 12.2 Å². The molecule has 0 aromatic heterocycles. The summed E-state index contributed by atoms with van der Waals surface area (Å²) in [5.74, 6) is 5.87. The van der Waals surface area contributed by atoms with Crippen molar-refractivity contribution in [2.24, 2.45) is 0 Å². The molecule has 0 aromatic rings. The number of rotatable bonds is 1. The van der Waals surface area contributed by atoms with Gasteiger partial charge in [0.15, 0.2) is 0 Å². The lowest BCUT2D eigenvalue weighted by Gasteiger charge is -2.16. The van der Waals surface area contributed by atoms with Gasteiger partial charge in [0.05, 0.1) is 5.60 Å². The molecule has 0 saturated carbocycles. The summed E-state index contributed by atoms with van der Waals surface area (Å²) in [6, 6.07) is 0. The van der Waals surface area contributed by atoms with Crippen LogP contribution in [0, 0.1) is 11.8 Å². The van der Waals surface area contributed by atoms with Gasteiger partial charge >= 0.3 is 0 Å². The van der Waals surface area contributed by atoms with Crippen LogP contribution in [0.25, 0.3) is 0 Å². The van der Waals surface area contributed by atoms with Gasteiger partial charge in [-0.1, -0.05) is 12.8 Å². The van der Waals surface area contributed by atoms with Gasteiger partial charge in [-0.2, -0.15) is 0 Å². The summed E-state index contributed by atoms with van der Waals surface area (Å²) in [4.78, 5) is 0. The molecule has 0 radical (unpaired) electrons. The highest BCUT2D eigenvalue weighted by Gasteiger charge is 2.07. The minimum atomic E-state index is -0.0532. The Balaban J connectivity index is 3.37. The molecule has 0 unspecified atom stereocenters. The number of hydrogen-bond acceptors (Lipinski definition) is 1. The zero-order chi connectivity index (χ0) is 8.04. The summed E-state index contributed by atoms with van der Waals surface area (Å²) in [5.41, 5.74) is -0.0532. The van der Waals surface area contributed by atoms with Crippen LogP contribution in [0.4, 0.5) is 0 Å². The third kappa shape index (κ3) is 7.52. The summed E-state index contributed by atoms with van der Waals surface area (Å²) >= 11 is 0. The van der Waals surface area contributed by atoms with Gasteiger partial charge in [-0.3, -0.25) is 0 Å². The van der Waals surface area contributed by atoms with Crippen molar-refractivity contribution in [2.75, 3.05) is 6.61 Å². The van der Waals surface area contributed by atoms with Crippen molar-refractivity contribution in [3.8, 4) is 11.8 Å². The quantitative estimate of drug-likeness (QED) is 0.507. The Morgan fingerprint density at radius 2 is 1.80 bits per heavy atom. The molecule has 0 rings (SSSR count). The molecule has 0 aromatic carbocycles. The molecule has 0 aliphatic heterocycles. The van der Waals surface area contributed by atoms with E-state index in [-0.39, 0.29) is 5.60 Å². The van der Waals surface area contributed by atoms with Crippen molar-refractivity contribution in [3.63, 3.8) is 0 Å². The molecule has 0 aliphatic carbocycles. The predicted octanol–water partition coefficient (Wildman–Crippen LogP) is 2.21. The lowest BCUT2D eigenvalue weighted by atomic mass is 10.2. The summed E-state index contributed by atoms with van der Waals surface area (Å²) in [7, 11) is 0. The Kier molecular flexibility index (Phi) is 4.14. The third-order valence-electron chi connectivity index (χ3n) is 0.879. The summed E-state index contributed by atoms with van der Waals surface area (Å²) in [5, 5.41) is 0. The molecule has 0 amide bonds. The Bertz CT molecular complexity index is 131. The summed E-state index contributed by atoms with van der Waals surface area (Å²) in [6.45, 7) is 8.67. The molecule has 1 heteroatoms. The maximum Gasteiger partial charge on any atom is 0.108 e. The van der Waals surface area contributed by atoms with E-state index in [2.05, 4.69) is 11.8 Å². The van der Waals surface area contributed by atoms with Gasteiger partial charge in [0.2, 0.25) is 0 Å².